The van der Waals surface area contributed by atoms with Gasteiger partial charge in [-0.1, -0.05) is 140 Å². The Morgan fingerprint density at radius 3 is 1.25 bits per heavy atom. The first-order chi connectivity index (χ1) is 25.5. The van der Waals surface area contributed by atoms with Gasteiger partial charge in [0.15, 0.2) is 0 Å². The maximum Gasteiger partial charge on any atom is 0.119 e. The van der Waals surface area contributed by atoms with E-state index >= 15 is 0 Å². The summed E-state index contributed by atoms with van der Waals surface area (Å²) < 4.78 is 13.8. The number of hydrogen-bond acceptors (Lipinski definition) is 4. The predicted molar refractivity (Wildman–Crippen MR) is 218 cm³/mol. The average Bonchev–Trinajstić information content (AvgIpc) is 3.17. The van der Waals surface area contributed by atoms with E-state index in [1.807, 2.05) is 109 Å². The highest BCUT2D eigenvalue weighted by Gasteiger charge is 2.05. The van der Waals surface area contributed by atoms with Crippen molar-refractivity contribution in [1.82, 2.24) is 0 Å². The summed E-state index contributed by atoms with van der Waals surface area (Å²) in [6, 6.07) is 48.6. The van der Waals surface area contributed by atoms with Gasteiger partial charge in [0.2, 0.25) is 0 Å². The summed E-state index contributed by atoms with van der Waals surface area (Å²) in [5.41, 5.74) is 8.36. The fourth-order valence-electron chi connectivity index (χ4n) is 5.07. The Bertz CT molecular complexity index is 2060. The number of halogens is 2. The Morgan fingerprint density at radius 2 is 0.846 bits per heavy atom. The van der Waals surface area contributed by atoms with Gasteiger partial charge >= 0.3 is 0 Å². The third kappa shape index (κ3) is 12.6. The lowest BCUT2D eigenvalue weighted by Crippen LogP contribution is -1.94. The molecule has 0 heterocycles. The van der Waals surface area contributed by atoms with Crippen LogP contribution in [0.25, 0.3) is 22.3 Å². The maximum atomic E-state index is 8.96. The minimum absolute atomic E-state index is 0.0420. The standard InChI is InChI=1S/C27H24O3.C19H14Br2O/c28-16-6-4-10-23-18-24(11-5-7-17-29)20-26(19-23)25-12-14-27(15-13-25)30-21-22-8-2-1-3-9-22;20-17-10-16(11-18(21)12-17)15-6-8-19(9-7-15)22-13-14-4-2-1-3-5-14/h1-3,8-9,12-15,18-20,28-29H,6-7,16-17,21H2;1-12H,13H2. The first-order valence-electron chi connectivity index (χ1n) is 16.8. The van der Waals surface area contributed by atoms with Crippen molar-refractivity contribution in [1.29, 1.82) is 0 Å². The first kappa shape index (κ1) is 38.2. The van der Waals surface area contributed by atoms with Crippen LogP contribution in [0.2, 0.25) is 0 Å². The molecule has 2 N–H and O–H groups in total. The van der Waals surface area contributed by atoms with Gasteiger partial charge in [-0.3, -0.25) is 0 Å². The molecule has 0 spiro atoms. The molecule has 0 aliphatic heterocycles. The van der Waals surface area contributed by atoms with Crippen molar-refractivity contribution in [3.63, 3.8) is 0 Å². The second kappa shape index (κ2) is 20.7. The Hall–Kier alpha value is -5.08. The van der Waals surface area contributed by atoms with Gasteiger partial charge in [-0.15, -0.1) is 0 Å². The van der Waals surface area contributed by atoms with Crippen LogP contribution < -0.4 is 9.47 Å². The molecule has 0 saturated heterocycles. The lowest BCUT2D eigenvalue weighted by atomic mass is 9.99. The lowest BCUT2D eigenvalue weighted by Gasteiger charge is -2.08. The maximum absolute atomic E-state index is 8.96. The van der Waals surface area contributed by atoms with E-state index in [0.717, 1.165) is 59.4 Å². The van der Waals surface area contributed by atoms with Crippen LogP contribution in [0.15, 0.2) is 155 Å². The summed E-state index contributed by atoms with van der Waals surface area (Å²) in [6.45, 7) is 1.20. The molecule has 0 saturated carbocycles. The van der Waals surface area contributed by atoms with Crippen molar-refractivity contribution in [2.45, 2.75) is 26.1 Å². The van der Waals surface area contributed by atoms with Gasteiger partial charge in [0, 0.05) is 32.9 Å². The fourth-order valence-corrected chi connectivity index (χ4v) is 6.36. The molecule has 0 amide bonds. The van der Waals surface area contributed by atoms with Gasteiger partial charge in [-0.2, -0.15) is 0 Å². The summed E-state index contributed by atoms with van der Waals surface area (Å²) in [4.78, 5) is 0. The molecule has 6 rings (SSSR count). The largest absolute Gasteiger partial charge is 0.489 e. The summed E-state index contributed by atoms with van der Waals surface area (Å²) in [6.07, 6.45) is 0.867. The molecule has 0 atom stereocenters. The third-order valence-corrected chi connectivity index (χ3v) is 8.52. The van der Waals surface area contributed by atoms with Crippen LogP contribution in [0.5, 0.6) is 11.5 Å². The van der Waals surface area contributed by atoms with Crippen LogP contribution >= 0.6 is 31.9 Å². The highest BCUT2D eigenvalue weighted by Crippen LogP contribution is 2.29. The lowest BCUT2D eigenvalue weighted by molar-refractivity contribution is 0.304. The van der Waals surface area contributed by atoms with Crippen LogP contribution in [0.3, 0.4) is 0 Å². The Kier molecular flexibility index (Phi) is 15.2. The van der Waals surface area contributed by atoms with Gasteiger partial charge < -0.3 is 19.7 Å². The van der Waals surface area contributed by atoms with Crippen molar-refractivity contribution < 1.29 is 19.7 Å². The fraction of sp³-hybridized carbons (Fsp3) is 0.130. The van der Waals surface area contributed by atoms with Crippen LogP contribution in [-0.2, 0) is 13.2 Å². The van der Waals surface area contributed by atoms with Crippen LogP contribution in [0.1, 0.15) is 35.1 Å². The third-order valence-electron chi connectivity index (χ3n) is 7.61. The summed E-state index contributed by atoms with van der Waals surface area (Å²) in [5.74, 6) is 13.8. The number of hydrogen-bond donors (Lipinski definition) is 2. The highest BCUT2D eigenvalue weighted by atomic mass is 79.9. The molecule has 0 radical (unpaired) electrons. The van der Waals surface area contributed by atoms with Crippen molar-refractivity contribution in [3.8, 4) is 57.4 Å². The number of aliphatic hydroxyl groups excluding tert-OH is 2. The second-order valence-corrected chi connectivity index (χ2v) is 13.4. The molecule has 6 aromatic rings. The molecule has 260 valence electrons. The molecular formula is C46H38Br2O4. The number of ether oxygens (including phenoxy) is 2. The van der Waals surface area contributed by atoms with Crippen molar-refractivity contribution in [2.24, 2.45) is 0 Å². The highest BCUT2D eigenvalue weighted by molar-refractivity contribution is 9.11. The van der Waals surface area contributed by atoms with Crippen molar-refractivity contribution >= 4 is 31.9 Å². The summed E-state index contributed by atoms with van der Waals surface area (Å²) in [7, 11) is 0. The van der Waals surface area contributed by atoms with Crippen LogP contribution in [0, 0.1) is 23.7 Å². The zero-order chi connectivity index (χ0) is 36.4. The zero-order valence-corrected chi connectivity index (χ0v) is 31.7. The molecular weight excluding hydrogens is 776 g/mol. The van der Waals surface area contributed by atoms with Crippen molar-refractivity contribution in [3.05, 3.63) is 177 Å². The van der Waals surface area contributed by atoms with Gasteiger partial charge in [0.05, 0.1) is 13.2 Å². The molecule has 0 aromatic heterocycles. The van der Waals surface area contributed by atoms with E-state index in [0.29, 0.717) is 26.1 Å². The number of benzene rings is 6. The van der Waals surface area contributed by atoms with Crippen molar-refractivity contribution in [2.75, 3.05) is 13.2 Å². The minimum Gasteiger partial charge on any atom is -0.489 e. The Morgan fingerprint density at radius 1 is 0.442 bits per heavy atom. The Labute approximate surface area is 323 Å². The normalized spacial score (nSPS) is 10.1. The molecule has 0 aliphatic rings. The molecule has 0 aliphatic carbocycles. The van der Waals surface area contributed by atoms with E-state index in [1.165, 1.54) is 5.56 Å². The molecule has 4 nitrogen and oxygen atoms in total. The first-order valence-corrected chi connectivity index (χ1v) is 18.4. The van der Waals surface area contributed by atoms with E-state index in [2.05, 4.69) is 91.9 Å². The average molecular weight is 815 g/mol. The van der Waals surface area contributed by atoms with Crippen LogP contribution in [0.4, 0.5) is 0 Å². The molecule has 0 fully saturated rings. The van der Waals surface area contributed by atoms with E-state index in [4.69, 9.17) is 19.7 Å². The summed E-state index contributed by atoms with van der Waals surface area (Å²) >= 11 is 7.04. The molecule has 6 aromatic carbocycles. The van der Waals surface area contributed by atoms with E-state index in [-0.39, 0.29) is 13.2 Å². The van der Waals surface area contributed by atoms with Gasteiger partial charge in [-0.25, -0.2) is 0 Å². The van der Waals surface area contributed by atoms with Gasteiger partial charge in [0.1, 0.15) is 24.7 Å². The molecule has 6 heteroatoms. The Balaban J connectivity index is 0.000000210. The molecule has 0 unspecified atom stereocenters. The van der Waals surface area contributed by atoms with Crippen LogP contribution in [-0.4, -0.2) is 23.4 Å². The quantitative estimate of drug-likeness (QED) is 0.135. The molecule has 52 heavy (non-hydrogen) atoms. The van der Waals surface area contributed by atoms with Gasteiger partial charge in [0.25, 0.3) is 0 Å². The number of aliphatic hydroxyl groups is 2. The van der Waals surface area contributed by atoms with Gasteiger partial charge in [-0.05, 0) is 94.0 Å². The SMILES string of the molecule is Brc1cc(Br)cc(-c2ccc(OCc3ccccc3)cc2)c1.OCCC#Cc1cc(C#CCCO)cc(-c2ccc(OCc3ccccc3)cc2)c1. The second-order valence-electron chi connectivity index (χ2n) is 11.6. The summed E-state index contributed by atoms with van der Waals surface area (Å²) in [5, 5.41) is 17.9. The van der Waals surface area contributed by atoms with E-state index < -0.39 is 0 Å². The van der Waals surface area contributed by atoms with E-state index in [9.17, 15) is 0 Å². The number of rotatable bonds is 10. The minimum atomic E-state index is 0.0420. The topological polar surface area (TPSA) is 58.9 Å². The molecule has 0 bridgehead atoms. The zero-order valence-electron chi connectivity index (χ0n) is 28.6. The van der Waals surface area contributed by atoms with E-state index in [1.54, 1.807) is 0 Å². The predicted octanol–water partition coefficient (Wildman–Crippen LogP) is 10.9. The smallest absolute Gasteiger partial charge is 0.119 e. The monoisotopic (exact) mass is 812 g/mol.